The minimum Gasteiger partial charge on any atom is -0.320 e. The van der Waals surface area contributed by atoms with Crippen molar-refractivity contribution < 1.29 is 0 Å². The molecule has 15 heavy (non-hydrogen) atoms. The molecule has 0 radical (unpaired) electrons. The van der Waals surface area contributed by atoms with E-state index in [9.17, 15) is 0 Å². The van der Waals surface area contributed by atoms with Crippen molar-refractivity contribution >= 4 is 21.6 Å². The lowest BCUT2D eigenvalue weighted by Crippen LogP contribution is -2.28. The van der Waals surface area contributed by atoms with Crippen molar-refractivity contribution in [1.82, 2.24) is 4.98 Å². The molecule has 0 unspecified atom stereocenters. The van der Waals surface area contributed by atoms with Gasteiger partial charge in [0.25, 0.3) is 0 Å². The fourth-order valence-corrected chi connectivity index (χ4v) is 2.52. The molecule has 80 valence electrons. The summed E-state index contributed by atoms with van der Waals surface area (Å²) < 4.78 is 1.23. The Hall–Kier alpha value is -0.930. The van der Waals surface area contributed by atoms with Crippen LogP contribution in [0.4, 0.5) is 0 Å². The third-order valence-electron chi connectivity index (χ3n) is 2.56. The predicted octanol–water partition coefficient (Wildman–Crippen LogP) is 3.11. The lowest BCUT2D eigenvalue weighted by Gasteiger charge is -2.13. The molecule has 0 aliphatic carbocycles. The summed E-state index contributed by atoms with van der Waals surface area (Å²) in [6.07, 6.45) is 0. The summed E-state index contributed by atoms with van der Waals surface area (Å²) in [6, 6.07) is 4.33. The highest BCUT2D eigenvalue weighted by atomic mass is 32.1. The van der Waals surface area contributed by atoms with E-state index in [0.717, 1.165) is 10.5 Å². The monoisotopic (exact) mass is 220 g/mol. The third-order valence-corrected chi connectivity index (χ3v) is 3.91. The maximum absolute atomic E-state index is 6.04. The molecule has 2 N–H and O–H groups in total. The first-order valence-electron chi connectivity index (χ1n) is 5.05. The lowest BCUT2D eigenvalue weighted by molar-refractivity contribution is 0.551. The van der Waals surface area contributed by atoms with Gasteiger partial charge < -0.3 is 5.73 Å². The molecule has 1 aromatic heterocycles. The molecule has 2 rings (SSSR count). The van der Waals surface area contributed by atoms with Crippen LogP contribution in [0.15, 0.2) is 12.1 Å². The van der Waals surface area contributed by atoms with Crippen LogP contribution in [0.1, 0.15) is 30.0 Å². The number of thiazole rings is 1. The molecule has 0 aliphatic heterocycles. The van der Waals surface area contributed by atoms with Crippen molar-refractivity contribution in [3.63, 3.8) is 0 Å². The zero-order chi connectivity index (χ0) is 11.2. The Bertz CT molecular complexity index is 467. The molecule has 0 aliphatic rings. The zero-order valence-corrected chi connectivity index (χ0v) is 10.4. The van der Waals surface area contributed by atoms with Gasteiger partial charge in [-0.05, 0) is 51.0 Å². The van der Waals surface area contributed by atoms with Crippen LogP contribution in [0.3, 0.4) is 0 Å². The summed E-state index contributed by atoms with van der Waals surface area (Å²) >= 11 is 1.69. The topological polar surface area (TPSA) is 38.9 Å². The van der Waals surface area contributed by atoms with Gasteiger partial charge in [0.1, 0.15) is 5.01 Å². The lowest BCUT2D eigenvalue weighted by atomic mass is 10.1. The normalized spacial score (nSPS) is 12.3. The van der Waals surface area contributed by atoms with E-state index >= 15 is 0 Å². The summed E-state index contributed by atoms with van der Waals surface area (Å²) in [5.41, 5.74) is 9.37. The highest BCUT2D eigenvalue weighted by molar-refractivity contribution is 7.18. The SMILES string of the molecule is Cc1cc2nc(C(C)(C)N)sc2cc1C. The van der Waals surface area contributed by atoms with E-state index < -0.39 is 0 Å². The van der Waals surface area contributed by atoms with Gasteiger partial charge in [0.15, 0.2) is 0 Å². The highest BCUT2D eigenvalue weighted by Crippen LogP contribution is 2.29. The molecule has 0 bridgehead atoms. The zero-order valence-electron chi connectivity index (χ0n) is 9.59. The molecule has 2 nitrogen and oxygen atoms in total. The van der Waals surface area contributed by atoms with E-state index in [-0.39, 0.29) is 5.54 Å². The Labute approximate surface area is 94.1 Å². The Morgan fingerprint density at radius 3 is 2.40 bits per heavy atom. The highest BCUT2D eigenvalue weighted by Gasteiger charge is 2.19. The molecule has 1 heterocycles. The van der Waals surface area contributed by atoms with Crippen molar-refractivity contribution in [3.8, 4) is 0 Å². The first kappa shape index (κ1) is 10.6. The molecule has 3 heteroatoms. The van der Waals surface area contributed by atoms with Gasteiger partial charge in [0.05, 0.1) is 15.8 Å². The van der Waals surface area contributed by atoms with Crippen LogP contribution in [-0.4, -0.2) is 4.98 Å². The van der Waals surface area contributed by atoms with Crippen LogP contribution >= 0.6 is 11.3 Å². The smallest absolute Gasteiger partial charge is 0.113 e. The van der Waals surface area contributed by atoms with Crippen molar-refractivity contribution in [1.29, 1.82) is 0 Å². The number of hydrogen-bond acceptors (Lipinski definition) is 3. The largest absolute Gasteiger partial charge is 0.320 e. The second-order valence-electron chi connectivity index (χ2n) is 4.64. The van der Waals surface area contributed by atoms with E-state index in [1.165, 1.54) is 15.8 Å². The number of rotatable bonds is 1. The summed E-state index contributed by atoms with van der Waals surface area (Å²) in [4.78, 5) is 4.58. The molecular formula is C12H16N2S. The summed E-state index contributed by atoms with van der Waals surface area (Å²) in [5, 5.41) is 1.00. The first-order chi connectivity index (χ1) is 6.88. The summed E-state index contributed by atoms with van der Waals surface area (Å²) in [6.45, 7) is 8.22. The molecule has 0 spiro atoms. The average molecular weight is 220 g/mol. The van der Waals surface area contributed by atoms with Gasteiger partial charge in [-0.1, -0.05) is 0 Å². The number of fused-ring (bicyclic) bond motifs is 1. The van der Waals surface area contributed by atoms with Crippen molar-refractivity contribution in [2.75, 3.05) is 0 Å². The van der Waals surface area contributed by atoms with Crippen molar-refractivity contribution in [2.45, 2.75) is 33.2 Å². The van der Waals surface area contributed by atoms with Crippen LogP contribution in [-0.2, 0) is 5.54 Å². The molecule has 0 fully saturated rings. The second-order valence-corrected chi connectivity index (χ2v) is 5.68. The van der Waals surface area contributed by atoms with Crippen LogP contribution in [0.2, 0.25) is 0 Å². The van der Waals surface area contributed by atoms with Gasteiger partial charge in [-0.2, -0.15) is 0 Å². The number of aryl methyl sites for hydroxylation is 2. The quantitative estimate of drug-likeness (QED) is 0.802. The maximum Gasteiger partial charge on any atom is 0.113 e. The third kappa shape index (κ3) is 1.90. The predicted molar refractivity (Wildman–Crippen MR) is 66.3 cm³/mol. The summed E-state index contributed by atoms with van der Waals surface area (Å²) in [7, 11) is 0. The number of nitrogens with zero attached hydrogens (tertiary/aromatic N) is 1. The molecule has 1 aromatic carbocycles. The fraction of sp³-hybridized carbons (Fsp3) is 0.417. The second kappa shape index (κ2) is 3.29. The Morgan fingerprint density at radius 1 is 1.20 bits per heavy atom. The number of nitrogens with two attached hydrogens (primary N) is 1. The minimum absolute atomic E-state index is 0.342. The van der Waals surface area contributed by atoms with E-state index in [0.29, 0.717) is 0 Å². The molecule has 0 amide bonds. The first-order valence-corrected chi connectivity index (χ1v) is 5.87. The van der Waals surface area contributed by atoms with Gasteiger partial charge in [0.2, 0.25) is 0 Å². The van der Waals surface area contributed by atoms with E-state index in [1.807, 2.05) is 13.8 Å². The molecular weight excluding hydrogens is 204 g/mol. The molecule has 2 aromatic rings. The van der Waals surface area contributed by atoms with Gasteiger partial charge >= 0.3 is 0 Å². The van der Waals surface area contributed by atoms with Gasteiger partial charge in [-0.3, -0.25) is 0 Å². The standard InChI is InChI=1S/C12H16N2S/c1-7-5-9-10(6-8(7)2)15-11(14-9)12(3,4)13/h5-6H,13H2,1-4H3. The van der Waals surface area contributed by atoms with E-state index in [2.05, 4.69) is 31.0 Å². The van der Waals surface area contributed by atoms with Crippen LogP contribution in [0, 0.1) is 13.8 Å². The fourth-order valence-electron chi connectivity index (χ4n) is 1.46. The maximum atomic E-state index is 6.04. The van der Waals surface area contributed by atoms with Gasteiger partial charge in [0, 0.05) is 0 Å². The van der Waals surface area contributed by atoms with Gasteiger partial charge in [-0.15, -0.1) is 11.3 Å². The number of aromatic nitrogens is 1. The summed E-state index contributed by atoms with van der Waals surface area (Å²) in [5.74, 6) is 0. The molecule has 0 saturated heterocycles. The van der Waals surface area contributed by atoms with Crippen LogP contribution in [0.25, 0.3) is 10.2 Å². The van der Waals surface area contributed by atoms with E-state index in [4.69, 9.17) is 5.73 Å². The van der Waals surface area contributed by atoms with Crippen molar-refractivity contribution in [2.24, 2.45) is 5.73 Å². The molecule has 0 atom stereocenters. The van der Waals surface area contributed by atoms with Crippen LogP contribution < -0.4 is 5.73 Å². The number of hydrogen-bond donors (Lipinski definition) is 1. The van der Waals surface area contributed by atoms with Gasteiger partial charge in [-0.25, -0.2) is 4.98 Å². The Morgan fingerprint density at radius 2 is 1.80 bits per heavy atom. The number of benzene rings is 1. The Balaban J connectivity index is 2.66. The van der Waals surface area contributed by atoms with Crippen molar-refractivity contribution in [3.05, 3.63) is 28.3 Å². The Kier molecular flexibility index (Phi) is 2.32. The average Bonchev–Trinajstić information content (AvgIpc) is 2.47. The van der Waals surface area contributed by atoms with E-state index in [1.54, 1.807) is 11.3 Å². The molecule has 0 saturated carbocycles. The van der Waals surface area contributed by atoms with Crippen LogP contribution in [0.5, 0.6) is 0 Å². The minimum atomic E-state index is -0.342.